The minimum absolute atomic E-state index is 0.00793. The van der Waals surface area contributed by atoms with Gasteiger partial charge in [0.25, 0.3) is 0 Å². The van der Waals surface area contributed by atoms with Crippen LogP contribution in [0.4, 0.5) is 13.2 Å². The molecule has 1 amide bonds. The first kappa shape index (κ1) is 20.3. The van der Waals surface area contributed by atoms with Crippen molar-refractivity contribution in [3.05, 3.63) is 30.2 Å². The molecule has 0 saturated heterocycles. The lowest BCUT2D eigenvalue weighted by Gasteiger charge is -2.11. The van der Waals surface area contributed by atoms with Crippen molar-refractivity contribution in [2.75, 3.05) is 5.75 Å². The van der Waals surface area contributed by atoms with E-state index in [0.29, 0.717) is 18.6 Å². The molecule has 0 aromatic carbocycles. The van der Waals surface area contributed by atoms with Crippen LogP contribution in [0.25, 0.3) is 11.5 Å². The SMILES string of the molecule is CCC(C)NC(=O)CCCSc1nc(-c2ccco2)cc(C(F)(F)F)n1. The number of halogens is 3. The normalized spacial score (nSPS) is 12.8. The Balaban J connectivity index is 2.00. The second kappa shape index (κ2) is 9.07. The number of nitrogens with zero attached hydrogens (tertiary/aromatic N) is 2. The monoisotopic (exact) mass is 387 g/mol. The smallest absolute Gasteiger partial charge is 0.433 e. The molecule has 26 heavy (non-hydrogen) atoms. The Bertz CT molecular complexity index is 721. The lowest BCUT2D eigenvalue weighted by Crippen LogP contribution is -2.31. The highest BCUT2D eigenvalue weighted by Crippen LogP contribution is 2.32. The minimum Gasteiger partial charge on any atom is -0.463 e. The van der Waals surface area contributed by atoms with Gasteiger partial charge in [-0.3, -0.25) is 4.79 Å². The number of thioether (sulfide) groups is 1. The third kappa shape index (κ3) is 6.05. The number of alkyl halides is 3. The topological polar surface area (TPSA) is 68.0 Å². The second-order valence-electron chi connectivity index (χ2n) is 5.72. The van der Waals surface area contributed by atoms with Crippen LogP contribution >= 0.6 is 11.8 Å². The lowest BCUT2D eigenvalue weighted by atomic mass is 10.2. The van der Waals surface area contributed by atoms with Gasteiger partial charge >= 0.3 is 6.18 Å². The Labute approximate surface area is 153 Å². The van der Waals surface area contributed by atoms with Gasteiger partial charge in [0.05, 0.1) is 6.26 Å². The summed E-state index contributed by atoms with van der Waals surface area (Å²) in [4.78, 5) is 19.4. The van der Waals surface area contributed by atoms with Crippen molar-refractivity contribution in [1.82, 2.24) is 15.3 Å². The molecule has 0 aliphatic heterocycles. The number of hydrogen-bond donors (Lipinski definition) is 1. The molecule has 142 valence electrons. The van der Waals surface area contributed by atoms with Crippen LogP contribution in [0.5, 0.6) is 0 Å². The van der Waals surface area contributed by atoms with Crippen molar-refractivity contribution in [2.45, 2.75) is 50.5 Å². The predicted octanol–water partition coefficient (Wildman–Crippen LogP) is 4.54. The van der Waals surface area contributed by atoms with E-state index in [4.69, 9.17) is 4.42 Å². The van der Waals surface area contributed by atoms with Gasteiger partial charge < -0.3 is 9.73 Å². The zero-order valence-electron chi connectivity index (χ0n) is 14.5. The third-order valence-electron chi connectivity index (χ3n) is 3.57. The average molecular weight is 387 g/mol. The summed E-state index contributed by atoms with van der Waals surface area (Å²) in [5.74, 6) is 0.612. The summed E-state index contributed by atoms with van der Waals surface area (Å²) in [5, 5.41) is 2.85. The zero-order chi connectivity index (χ0) is 19.2. The Kier molecular flexibility index (Phi) is 7.07. The molecule has 9 heteroatoms. The zero-order valence-corrected chi connectivity index (χ0v) is 15.3. The van der Waals surface area contributed by atoms with E-state index in [9.17, 15) is 18.0 Å². The van der Waals surface area contributed by atoms with Gasteiger partial charge in [-0.1, -0.05) is 18.7 Å². The largest absolute Gasteiger partial charge is 0.463 e. The molecule has 0 saturated carbocycles. The average Bonchev–Trinajstić information content (AvgIpc) is 3.12. The lowest BCUT2D eigenvalue weighted by molar-refractivity contribution is -0.141. The molecule has 2 rings (SSSR count). The Morgan fingerprint density at radius 1 is 1.38 bits per heavy atom. The molecule has 0 radical (unpaired) electrons. The molecule has 0 aliphatic carbocycles. The summed E-state index contributed by atoms with van der Waals surface area (Å²) >= 11 is 1.08. The highest BCUT2D eigenvalue weighted by atomic mass is 32.2. The Morgan fingerprint density at radius 2 is 2.15 bits per heavy atom. The van der Waals surface area contributed by atoms with Gasteiger partial charge in [-0.25, -0.2) is 9.97 Å². The number of nitrogens with one attached hydrogen (secondary N) is 1. The van der Waals surface area contributed by atoms with E-state index in [1.165, 1.54) is 12.3 Å². The van der Waals surface area contributed by atoms with Crippen molar-refractivity contribution < 1.29 is 22.4 Å². The van der Waals surface area contributed by atoms with Crippen molar-refractivity contribution in [1.29, 1.82) is 0 Å². The molecule has 1 N–H and O–H groups in total. The second-order valence-corrected chi connectivity index (χ2v) is 6.79. The number of aromatic nitrogens is 2. The standard InChI is InChI=1S/C17H20F3N3O2S/c1-3-11(2)21-15(24)7-5-9-26-16-22-12(13-6-4-8-25-13)10-14(23-16)17(18,19)20/h4,6,8,10-11H,3,5,7,9H2,1-2H3,(H,21,24). The van der Waals surface area contributed by atoms with Crippen molar-refractivity contribution in [3.8, 4) is 11.5 Å². The number of carbonyl (C=O) groups is 1. The fourth-order valence-corrected chi connectivity index (χ4v) is 2.83. The summed E-state index contributed by atoms with van der Waals surface area (Å²) in [6, 6.07) is 4.09. The molecule has 5 nitrogen and oxygen atoms in total. The molecule has 1 unspecified atom stereocenters. The molecule has 2 aromatic heterocycles. The van der Waals surface area contributed by atoms with E-state index < -0.39 is 11.9 Å². The maximum absolute atomic E-state index is 13.1. The van der Waals surface area contributed by atoms with E-state index in [0.717, 1.165) is 24.2 Å². The van der Waals surface area contributed by atoms with E-state index in [2.05, 4.69) is 15.3 Å². The van der Waals surface area contributed by atoms with Crippen molar-refractivity contribution >= 4 is 17.7 Å². The first-order valence-electron chi connectivity index (χ1n) is 8.22. The van der Waals surface area contributed by atoms with Crippen LogP contribution in [-0.4, -0.2) is 27.7 Å². The molecule has 2 aromatic rings. The number of carbonyl (C=O) groups excluding carboxylic acids is 1. The van der Waals surface area contributed by atoms with Crippen LogP contribution < -0.4 is 5.32 Å². The molecule has 0 spiro atoms. The van der Waals surface area contributed by atoms with Crippen LogP contribution in [0.15, 0.2) is 34.0 Å². The maximum Gasteiger partial charge on any atom is 0.433 e. The molecule has 0 fully saturated rings. The van der Waals surface area contributed by atoms with Crippen molar-refractivity contribution in [2.24, 2.45) is 0 Å². The number of rotatable bonds is 8. The van der Waals surface area contributed by atoms with Crippen LogP contribution in [0.1, 0.15) is 38.8 Å². The molecular formula is C17H20F3N3O2S. The van der Waals surface area contributed by atoms with Gasteiger partial charge in [-0.2, -0.15) is 13.2 Å². The first-order valence-corrected chi connectivity index (χ1v) is 9.20. The molecule has 2 heterocycles. The van der Waals surface area contributed by atoms with Crippen LogP contribution in [0.2, 0.25) is 0 Å². The maximum atomic E-state index is 13.1. The van der Waals surface area contributed by atoms with E-state index >= 15 is 0 Å². The van der Waals surface area contributed by atoms with E-state index in [-0.39, 0.29) is 28.6 Å². The minimum atomic E-state index is -4.57. The Hall–Kier alpha value is -2.03. The summed E-state index contributed by atoms with van der Waals surface area (Å²) in [5.41, 5.74) is -0.940. The summed E-state index contributed by atoms with van der Waals surface area (Å²) < 4.78 is 44.3. The fraction of sp³-hybridized carbons (Fsp3) is 0.471. The van der Waals surface area contributed by atoms with Crippen molar-refractivity contribution in [3.63, 3.8) is 0 Å². The summed E-state index contributed by atoms with van der Waals surface area (Å²) in [6.45, 7) is 3.89. The summed E-state index contributed by atoms with van der Waals surface area (Å²) in [6.07, 6.45) is -1.54. The predicted molar refractivity (Wildman–Crippen MR) is 92.6 cm³/mol. The number of furan rings is 1. The first-order chi connectivity index (χ1) is 12.3. The molecular weight excluding hydrogens is 367 g/mol. The number of hydrogen-bond acceptors (Lipinski definition) is 5. The van der Waals surface area contributed by atoms with Gasteiger partial charge in [0.15, 0.2) is 10.9 Å². The van der Waals surface area contributed by atoms with Gasteiger partial charge in [-0.05, 0) is 38.0 Å². The molecule has 0 aliphatic rings. The third-order valence-corrected chi connectivity index (χ3v) is 4.50. The fourth-order valence-electron chi connectivity index (χ4n) is 2.03. The van der Waals surface area contributed by atoms with Gasteiger partial charge in [0.2, 0.25) is 5.91 Å². The van der Waals surface area contributed by atoms with Gasteiger partial charge in [0.1, 0.15) is 11.4 Å². The highest BCUT2D eigenvalue weighted by molar-refractivity contribution is 7.99. The molecule has 1 atom stereocenters. The molecule has 0 bridgehead atoms. The van der Waals surface area contributed by atoms with Gasteiger partial charge in [-0.15, -0.1) is 0 Å². The Morgan fingerprint density at radius 3 is 2.77 bits per heavy atom. The van der Waals surface area contributed by atoms with Crippen LogP contribution in [-0.2, 0) is 11.0 Å². The van der Waals surface area contributed by atoms with E-state index in [1.807, 2.05) is 13.8 Å². The quantitative estimate of drug-likeness (QED) is 0.409. The van der Waals surface area contributed by atoms with Crippen LogP contribution in [0.3, 0.4) is 0 Å². The van der Waals surface area contributed by atoms with Gasteiger partial charge in [0, 0.05) is 18.2 Å². The highest BCUT2D eigenvalue weighted by Gasteiger charge is 2.34. The number of amides is 1. The summed E-state index contributed by atoms with van der Waals surface area (Å²) in [7, 11) is 0. The van der Waals surface area contributed by atoms with Crippen LogP contribution in [0, 0.1) is 0 Å². The van der Waals surface area contributed by atoms with E-state index in [1.54, 1.807) is 6.07 Å².